The van der Waals surface area contributed by atoms with E-state index >= 15 is 0 Å². The number of hydrogen-bond donors (Lipinski definition) is 1. The number of anilines is 1. The quantitative estimate of drug-likeness (QED) is 0.690. The largest absolute Gasteiger partial charge is 0.411 e. The van der Waals surface area contributed by atoms with Crippen LogP contribution in [0, 0.1) is 12.7 Å². The van der Waals surface area contributed by atoms with Crippen LogP contribution in [0.1, 0.15) is 12.5 Å². The van der Waals surface area contributed by atoms with Crippen molar-refractivity contribution in [3.63, 3.8) is 0 Å². The molecule has 0 unspecified atom stereocenters. The van der Waals surface area contributed by atoms with Gasteiger partial charge in [-0.15, -0.1) is 10.2 Å². The molecule has 0 aliphatic heterocycles. The van der Waals surface area contributed by atoms with Gasteiger partial charge in [-0.2, -0.15) is 0 Å². The fourth-order valence-electron chi connectivity index (χ4n) is 2.17. The Morgan fingerprint density at radius 2 is 2.00 bits per heavy atom. The Bertz CT molecular complexity index is 897. The Hall–Kier alpha value is -2.67. The van der Waals surface area contributed by atoms with E-state index in [9.17, 15) is 9.18 Å². The maximum atomic E-state index is 13.2. The summed E-state index contributed by atoms with van der Waals surface area (Å²) in [6.45, 7) is 3.70. The van der Waals surface area contributed by atoms with E-state index < -0.39 is 11.1 Å². The number of halogens is 1. The molecule has 1 aromatic heterocycles. The second-order valence-corrected chi connectivity index (χ2v) is 6.79. The zero-order chi connectivity index (χ0) is 17.8. The molecule has 0 saturated carbocycles. The van der Waals surface area contributed by atoms with Gasteiger partial charge in [-0.25, -0.2) is 4.39 Å². The van der Waals surface area contributed by atoms with Crippen molar-refractivity contribution in [1.82, 2.24) is 10.2 Å². The smallest absolute Gasteiger partial charge is 0.277 e. The Morgan fingerprint density at radius 1 is 1.20 bits per heavy atom. The topological polar surface area (TPSA) is 68.0 Å². The van der Waals surface area contributed by atoms with Crippen molar-refractivity contribution in [3.05, 3.63) is 59.9 Å². The van der Waals surface area contributed by atoms with Gasteiger partial charge in [0, 0.05) is 11.3 Å². The first-order valence-electron chi connectivity index (χ1n) is 7.65. The number of nitrogens with one attached hydrogen (secondary N) is 1. The summed E-state index contributed by atoms with van der Waals surface area (Å²) >= 11 is 1.15. The molecular formula is C18H16FN3O2S. The number of amides is 1. The minimum atomic E-state index is -0.478. The maximum absolute atomic E-state index is 13.2. The summed E-state index contributed by atoms with van der Waals surface area (Å²) in [5, 5.41) is 10.5. The summed E-state index contributed by atoms with van der Waals surface area (Å²) in [7, 11) is 0. The lowest BCUT2D eigenvalue weighted by molar-refractivity contribution is -0.115. The second kappa shape index (κ2) is 7.48. The van der Waals surface area contributed by atoms with Crippen LogP contribution in [0.25, 0.3) is 11.5 Å². The van der Waals surface area contributed by atoms with E-state index in [4.69, 9.17) is 4.42 Å². The van der Waals surface area contributed by atoms with Crippen LogP contribution in [0.5, 0.6) is 0 Å². The molecule has 1 N–H and O–H groups in total. The van der Waals surface area contributed by atoms with Gasteiger partial charge in [-0.3, -0.25) is 4.79 Å². The standard InChI is InChI=1S/C18H16FN3O2S/c1-11-5-3-6-13(9-11)17-21-22-18(24-17)25-12(2)16(23)20-15-8-4-7-14(19)10-15/h3-10,12H,1-2H3,(H,20,23)/t12-/m0/s1. The molecule has 0 radical (unpaired) electrons. The van der Waals surface area contributed by atoms with Crippen molar-refractivity contribution in [2.75, 3.05) is 5.32 Å². The normalized spacial score (nSPS) is 12.0. The van der Waals surface area contributed by atoms with Gasteiger partial charge in [0.15, 0.2) is 0 Å². The zero-order valence-electron chi connectivity index (χ0n) is 13.7. The van der Waals surface area contributed by atoms with Gasteiger partial charge in [-0.05, 0) is 44.2 Å². The molecule has 7 heteroatoms. The van der Waals surface area contributed by atoms with Gasteiger partial charge in [0.25, 0.3) is 5.22 Å². The third-order valence-electron chi connectivity index (χ3n) is 3.41. The van der Waals surface area contributed by atoms with Crippen LogP contribution in [0.4, 0.5) is 10.1 Å². The predicted molar refractivity (Wildman–Crippen MR) is 94.8 cm³/mol. The fourth-order valence-corrected chi connectivity index (χ4v) is 2.85. The minimum absolute atomic E-state index is 0.272. The van der Waals surface area contributed by atoms with Gasteiger partial charge in [0.05, 0.1) is 5.25 Å². The molecular weight excluding hydrogens is 341 g/mol. The van der Waals surface area contributed by atoms with E-state index in [2.05, 4.69) is 15.5 Å². The van der Waals surface area contributed by atoms with E-state index in [1.54, 1.807) is 13.0 Å². The molecule has 1 heterocycles. The third kappa shape index (κ3) is 4.45. The molecule has 25 heavy (non-hydrogen) atoms. The van der Waals surface area contributed by atoms with Crippen molar-refractivity contribution in [2.45, 2.75) is 24.3 Å². The number of carbonyl (C=O) groups excluding carboxylic acids is 1. The summed E-state index contributed by atoms with van der Waals surface area (Å²) in [5.74, 6) is -0.271. The van der Waals surface area contributed by atoms with Crippen LogP contribution < -0.4 is 5.32 Å². The highest BCUT2D eigenvalue weighted by atomic mass is 32.2. The number of thioether (sulfide) groups is 1. The highest BCUT2D eigenvalue weighted by molar-refractivity contribution is 8.00. The number of carbonyl (C=O) groups is 1. The Balaban J connectivity index is 1.65. The van der Waals surface area contributed by atoms with Crippen LogP contribution in [-0.2, 0) is 4.79 Å². The van der Waals surface area contributed by atoms with E-state index in [1.165, 1.54) is 18.2 Å². The number of nitrogens with zero attached hydrogens (tertiary/aromatic N) is 2. The van der Waals surface area contributed by atoms with Gasteiger partial charge < -0.3 is 9.73 Å². The van der Waals surface area contributed by atoms with Crippen molar-refractivity contribution < 1.29 is 13.6 Å². The van der Waals surface area contributed by atoms with Crippen molar-refractivity contribution in [3.8, 4) is 11.5 Å². The number of aromatic nitrogens is 2. The lowest BCUT2D eigenvalue weighted by atomic mass is 10.1. The molecule has 0 aliphatic rings. The number of rotatable bonds is 5. The van der Waals surface area contributed by atoms with Crippen LogP contribution in [0.2, 0.25) is 0 Å². The van der Waals surface area contributed by atoms with Crippen LogP contribution in [0.3, 0.4) is 0 Å². The summed E-state index contributed by atoms with van der Waals surface area (Å²) < 4.78 is 18.8. The monoisotopic (exact) mass is 357 g/mol. The Kier molecular flexibility index (Phi) is 5.14. The second-order valence-electron chi connectivity index (χ2n) is 5.50. The summed E-state index contributed by atoms with van der Waals surface area (Å²) in [6.07, 6.45) is 0. The molecule has 2 aromatic carbocycles. The fraction of sp³-hybridized carbons (Fsp3) is 0.167. The lowest BCUT2D eigenvalue weighted by Gasteiger charge is -2.09. The molecule has 5 nitrogen and oxygen atoms in total. The number of benzene rings is 2. The first kappa shape index (κ1) is 17.2. The Morgan fingerprint density at radius 3 is 2.76 bits per heavy atom. The molecule has 0 aliphatic carbocycles. The average Bonchev–Trinajstić information content (AvgIpc) is 3.03. The molecule has 0 fully saturated rings. The number of aryl methyl sites for hydroxylation is 1. The molecule has 1 atom stereocenters. The molecule has 3 rings (SSSR count). The van der Waals surface area contributed by atoms with Crippen molar-refractivity contribution in [1.29, 1.82) is 0 Å². The van der Waals surface area contributed by atoms with E-state index in [0.29, 0.717) is 16.8 Å². The Labute approximate surface area is 148 Å². The van der Waals surface area contributed by atoms with Gasteiger partial charge in [0.2, 0.25) is 11.8 Å². The van der Waals surface area contributed by atoms with Crippen molar-refractivity contribution in [2.24, 2.45) is 0 Å². The molecule has 0 saturated heterocycles. The zero-order valence-corrected chi connectivity index (χ0v) is 14.5. The van der Waals surface area contributed by atoms with Gasteiger partial charge >= 0.3 is 0 Å². The van der Waals surface area contributed by atoms with Crippen LogP contribution in [0.15, 0.2) is 58.2 Å². The first-order chi connectivity index (χ1) is 12.0. The molecule has 128 valence electrons. The molecule has 0 spiro atoms. The maximum Gasteiger partial charge on any atom is 0.277 e. The summed E-state index contributed by atoms with van der Waals surface area (Å²) in [4.78, 5) is 12.2. The average molecular weight is 357 g/mol. The van der Waals surface area contributed by atoms with Crippen molar-refractivity contribution >= 4 is 23.4 Å². The van der Waals surface area contributed by atoms with Crippen LogP contribution in [-0.4, -0.2) is 21.4 Å². The van der Waals surface area contributed by atoms with E-state index in [1.807, 2.05) is 31.2 Å². The van der Waals surface area contributed by atoms with E-state index in [-0.39, 0.29) is 5.91 Å². The minimum Gasteiger partial charge on any atom is -0.411 e. The van der Waals surface area contributed by atoms with Gasteiger partial charge in [-0.1, -0.05) is 35.5 Å². The highest BCUT2D eigenvalue weighted by Crippen LogP contribution is 2.27. The molecule has 3 aromatic rings. The van der Waals surface area contributed by atoms with Gasteiger partial charge in [0.1, 0.15) is 5.82 Å². The lowest BCUT2D eigenvalue weighted by Crippen LogP contribution is -2.22. The summed E-state index contributed by atoms with van der Waals surface area (Å²) in [5.41, 5.74) is 2.33. The third-order valence-corrected chi connectivity index (χ3v) is 4.34. The molecule has 1 amide bonds. The van der Waals surface area contributed by atoms with Crippen LogP contribution >= 0.6 is 11.8 Å². The highest BCUT2D eigenvalue weighted by Gasteiger charge is 2.19. The predicted octanol–water partition coefficient (Wildman–Crippen LogP) is 4.30. The first-order valence-corrected chi connectivity index (χ1v) is 8.53. The van der Waals surface area contributed by atoms with E-state index in [0.717, 1.165) is 22.9 Å². The molecule has 0 bridgehead atoms. The SMILES string of the molecule is Cc1cccc(-c2nnc(S[C@@H](C)C(=O)Nc3cccc(F)c3)o2)c1. The number of hydrogen-bond acceptors (Lipinski definition) is 5. The summed E-state index contributed by atoms with van der Waals surface area (Å²) in [6, 6.07) is 13.5.